The molecule has 2 rings (SSSR count). The molecule has 0 saturated heterocycles. The molecule has 2 aromatic carbocycles. The molecule has 0 atom stereocenters. The van der Waals surface area contributed by atoms with Gasteiger partial charge in [-0.05, 0) is 53.0 Å². The van der Waals surface area contributed by atoms with Crippen molar-refractivity contribution in [2.45, 2.75) is 20.4 Å². The van der Waals surface area contributed by atoms with E-state index in [1.165, 1.54) is 0 Å². The lowest BCUT2D eigenvalue weighted by Gasteiger charge is -2.11. The Labute approximate surface area is 136 Å². The van der Waals surface area contributed by atoms with Crippen LogP contribution in [0.4, 0.5) is 11.4 Å². The van der Waals surface area contributed by atoms with Crippen LogP contribution in [0.25, 0.3) is 0 Å². The summed E-state index contributed by atoms with van der Waals surface area (Å²) in [5, 5.41) is 14.9. The molecular formula is C15H14BrClN2O2. The number of hydrogen-bond acceptors (Lipinski definition) is 3. The highest BCUT2D eigenvalue weighted by Crippen LogP contribution is 2.29. The fourth-order valence-electron chi connectivity index (χ4n) is 1.94. The average Bonchev–Trinajstić information content (AvgIpc) is 2.42. The molecule has 0 spiro atoms. The Balaban J connectivity index is 2.19. The van der Waals surface area contributed by atoms with Crippen molar-refractivity contribution in [1.29, 1.82) is 0 Å². The smallest absolute Gasteiger partial charge is 0.272 e. The van der Waals surface area contributed by atoms with Gasteiger partial charge >= 0.3 is 0 Å². The molecular weight excluding hydrogens is 356 g/mol. The number of aryl methyl sites for hydroxylation is 2. The largest absolute Gasteiger partial charge is 0.380 e. The number of rotatable bonds is 4. The minimum absolute atomic E-state index is 0.135. The first-order chi connectivity index (χ1) is 9.88. The van der Waals surface area contributed by atoms with Crippen LogP contribution in [0.15, 0.2) is 34.8 Å². The van der Waals surface area contributed by atoms with Gasteiger partial charge in [0.25, 0.3) is 5.69 Å². The molecule has 21 heavy (non-hydrogen) atoms. The molecule has 0 unspecified atom stereocenters. The van der Waals surface area contributed by atoms with Gasteiger partial charge in [-0.1, -0.05) is 23.7 Å². The number of nitrogens with one attached hydrogen (secondary N) is 1. The molecule has 2 aromatic rings. The minimum atomic E-state index is -0.364. The van der Waals surface area contributed by atoms with Crippen LogP contribution in [-0.4, -0.2) is 4.92 Å². The van der Waals surface area contributed by atoms with E-state index in [1.807, 2.05) is 25.1 Å². The Morgan fingerprint density at radius 1 is 1.24 bits per heavy atom. The van der Waals surface area contributed by atoms with E-state index >= 15 is 0 Å². The van der Waals surface area contributed by atoms with Gasteiger partial charge in [0.15, 0.2) is 0 Å². The highest BCUT2D eigenvalue weighted by atomic mass is 79.9. The number of halogens is 2. The zero-order valence-corrected chi connectivity index (χ0v) is 14.0. The van der Waals surface area contributed by atoms with E-state index in [4.69, 9.17) is 11.6 Å². The molecule has 6 heteroatoms. The van der Waals surface area contributed by atoms with E-state index in [1.54, 1.807) is 19.1 Å². The lowest BCUT2D eigenvalue weighted by Crippen LogP contribution is -2.02. The number of benzene rings is 2. The molecule has 0 aliphatic rings. The summed E-state index contributed by atoms with van der Waals surface area (Å²) in [5.74, 6) is 0. The van der Waals surface area contributed by atoms with Crippen molar-refractivity contribution in [1.82, 2.24) is 0 Å². The first-order valence-corrected chi connectivity index (χ1v) is 7.49. The summed E-state index contributed by atoms with van der Waals surface area (Å²) < 4.78 is 0.908. The van der Waals surface area contributed by atoms with Crippen molar-refractivity contribution < 1.29 is 4.92 Å². The molecule has 0 aromatic heterocycles. The van der Waals surface area contributed by atoms with Gasteiger partial charge in [0, 0.05) is 27.7 Å². The van der Waals surface area contributed by atoms with Crippen LogP contribution in [-0.2, 0) is 6.54 Å². The van der Waals surface area contributed by atoms with Crippen molar-refractivity contribution in [3.63, 3.8) is 0 Å². The number of nitro benzene ring substituents is 1. The van der Waals surface area contributed by atoms with E-state index in [2.05, 4.69) is 21.2 Å². The molecule has 4 nitrogen and oxygen atoms in total. The number of hydrogen-bond donors (Lipinski definition) is 1. The fraction of sp³-hybridized carbons (Fsp3) is 0.200. The maximum absolute atomic E-state index is 10.9. The molecule has 110 valence electrons. The summed E-state index contributed by atoms with van der Waals surface area (Å²) in [5.41, 5.74) is 3.48. The van der Waals surface area contributed by atoms with Gasteiger partial charge in [0.05, 0.1) is 10.6 Å². The Morgan fingerprint density at radius 2 is 1.95 bits per heavy atom. The van der Waals surface area contributed by atoms with Crippen LogP contribution in [0.5, 0.6) is 0 Å². The molecule has 1 N–H and O–H groups in total. The summed E-state index contributed by atoms with van der Waals surface area (Å²) in [6, 6.07) is 8.99. The summed E-state index contributed by atoms with van der Waals surface area (Å²) in [7, 11) is 0. The minimum Gasteiger partial charge on any atom is -0.380 e. The molecule has 0 amide bonds. The van der Waals surface area contributed by atoms with Crippen LogP contribution in [0.1, 0.15) is 16.7 Å². The first-order valence-electron chi connectivity index (χ1n) is 6.32. The van der Waals surface area contributed by atoms with Crippen molar-refractivity contribution >= 4 is 38.9 Å². The molecule has 0 aliphatic carbocycles. The van der Waals surface area contributed by atoms with Crippen molar-refractivity contribution in [3.05, 3.63) is 66.6 Å². The summed E-state index contributed by atoms with van der Waals surface area (Å²) in [6.07, 6.45) is 0. The van der Waals surface area contributed by atoms with Crippen LogP contribution >= 0.6 is 27.5 Å². The average molecular weight is 370 g/mol. The lowest BCUT2D eigenvalue weighted by molar-refractivity contribution is -0.385. The SMILES string of the molecule is Cc1cc(Br)c(NCc2ccc(C)c([N+](=O)[O-])c2)cc1Cl. The fourth-order valence-corrected chi connectivity index (χ4v) is 2.70. The molecule has 0 fully saturated rings. The maximum Gasteiger partial charge on any atom is 0.272 e. The van der Waals surface area contributed by atoms with Crippen molar-refractivity contribution in [2.75, 3.05) is 5.32 Å². The van der Waals surface area contributed by atoms with Crippen LogP contribution in [0.2, 0.25) is 5.02 Å². The molecule has 0 radical (unpaired) electrons. The van der Waals surface area contributed by atoms with Crippen LogP contribution in [0, 0.1) is 24.0 Å². The van der Waals surface area contributed by atoms with Gasteiger partial charge < -0.3 is 5.32 Å². The van der Waals surface area contributed by atoms with E-state index < -0.39 is 0 Å². The van der Waals surface area contributed by atoms with Gasteiger partial charge in [0.2, 0.25) is 0 Å². The van der Waals surface area contributed by atoms with Crippen LogP contribution in [0.3, 0.4) is 0 Å². The topological polar surface area (TPSA) is 55.2 Å². The second-order valence-corrected chi connectivity index (χ2v) is 6.07. The molecule has 0 aliphatic heterocycles. The third-order valence-electron chi connectivity index (χ3n) is 3.20. The Hall–Kier alpha value is -1.59. The highest BCUT2D eigenvalue weighted by Gasteiger charge is 2.11. The summed E-state index contributed by atoms with van der Waals surface area (Å²) in [4.78, 5) is 10.6. The summed E-state index contributed by atoms with van der Waals surface area (Å²) in [6.45, 7) is 4.14. The van der Waals surface area contributed by atoms with E-state index in [0.717, 1.165) is 21.3 Å². The Kier molecular flexibility index (Phi) is 4.85. The lowest BCUT2D eigenvalue weighted by atomic mass is 10.1. The normalized spacial score (nSPS) is 10.5. The van der Waals surface area contributed by atoms with Gasteiger partial charge in [-0.3, -0.25) is 10.1 Å². The van der Waals surface area contributed by atoms with Crippen molar-refractivity contribution in [3.8, 4) is 0 Å². The second-order valence-electron chi connectivity index (χ2n) is 4.81. The maximum atomic E-state index is 10.9. The number of nitrogens with zero attached hydrogens (tertiary/aromatic N) is 1. The van der Waals surface area contributed by atoms with Gasteiger partial charge in [-0.2, -0.15) is 0 Å². The number of nitro groups is 1. The molecule has 0 saturated carbocycles. The second kappa shape index (κ2) is 6.45. The third-order valence-corrected chi connectivity index (χ3v) is 4.26. The van der Waals surface area contributed by atoms with E-state index in [9.17, 15) is 10.1 Å². The van der Waals surface area contributed by atoms with Crippen LogP contribution < -0.4 is 5.32 Å². The quantitative estimate of drug-likeness (QED) is 0.592. The van der Waals surface area contributed by atoms with Gasteiger partial charge in [-0.15, -0.1) is 0 Å². The van der Waals surface area contributed by atoms with Crippen molar-refractivity contribution in [2.24, 2.45) is 0 Å². The summed E-state index contributed by atoms with van der Waals surface area (Å²) >= 11 is 9.58. The Morgan fingerprint density at radius 3 is 2.62 bits per heavy atom. The standard InChI is InChI=1S/C15H14BrClN2O2/c1-9-3-4-11(6-15(9)19(20)21)8-18-14-7-13(17)10(2)5-12(14)16/h3-7,18H,8H2,1-2H3. The van der Waals surface area contributed by atoms with Gasteiger partial charge in [-0.25, -0.2) is 0 Å². The van der Waals surface area contributed by atoms with E-state index in [-0.39, 0.29) is 10.6 Å². The molecule has 0 bridgehead atoms. The number of anilines is 1. The highest BCUT2D eigenvalue weighted by molar-refractivity contribution is 9.10. The predicted molar refractivity (Wildman–Crippen MR) is 89.0 cm³/mol. The third kappa shape index (κ3) is 3.74. The van der Waals surface area contributed by atoms with Gasteiger partial charge in [0.1, 0.15) is 0 Å². The first kappa shape index (κ1) is 15.8. The predicted octanol–water partition coefficient (Wildman–Crippen LogP) is 5.24. The monoisotopic (exact) mass is 368 g/mol. The van der Waals surface area contributed by atoms with E-state index in [0.29, 0.717) is 17.1 Å². The Bertz CT molecular complexity index is 704. The molecule has 0 heterocycles. The zero-order valence-electron chi connectivity index (χ0n) is 11.6. The zero-order chi connectivity index (χ0) is 15.6.